The number of carboxylic acids is 1. The molecule has 0 fully saturated rings. The van der Waals surface area contributed by atoms with Crippen molar-refractivity contribution in [1.29, 1.82) is 0 Å². The van der Waals surface area contributed by atoms with Gasteiger partial charge in [0.2, 0.25) is 5.91 Å². The summed E-state index contributed by atoms with van der Waals surface area (Å²) in [6, 6.07) is 0.116. The van der Waals surface area contributed by atoms with Crippen molar-refractivity contribution in [1.82, 2.24) is 10.2 Å². The number of carbonyl (C=O) groups excluding carboxylic acids is 1. The van der Waals surface area contributed by atoms with Gasteiger partial charge in [-0.25, -0.2) is 0 Å². The molecule has 0 spiro atoms. The molecular weight excluding hydrogens is 220 g/mol. The van der Waals surface area contributed by atoms with Gasteiger partial charge in [-0.3, -0.25) is 14.5 Å². The minimum absolute atomic E-state index is 0.0420. The van der Waals surface area contributed by atoms with Gasteiger partial charge in [-0.2, -0.15) is 0 Å². The summed E-state index contributed by atoms with van der Waals surface area (Å²) in [4.78, 5) is 24.0. The lowest BCUT2D eigenvalue weighted by atomic mass is 10.1. The van der Waals surface area contributed by atoms with E-state index in [1.165, 1.54) is 0 Å². The maximum absolute atomic E-state index is 11.5. The number of aliphatic carboxylic acids is 1. The summed E-state index contributed by atoms with van der Waals surface area (Å²) in [5, 5.41) is 11.6. The largest absolute Gasteiger partial charge is 0.480 e. The number of nitrogens with zero attached hydrogens (tertiary/aromatic N) is 1. The van der Waals surface area contributed by atoms with Gasteiger partial charge in [0.25, 0.3) is 0 Å². The van der Waals surface area contributed by atoms with E-state index in [9.17, 15) is 9.59 Å². The van der Waals surface area contributed by atoms with E-state index >= 15 is 0 Å². The molecule has 5 nitrogen and oxygen atoms in total. The van der Waals surface area contributed by atoms with Gasteiger partial charge in [-0.1, -0.05) is 0 Å². The quantitative estimate of drug-likeness (QED) is 0.733. The van der Waals surface area contributed by atoms with Crippen LogP contribution in [0.5, 0.6) is 0 Å². The molecule has 0 aliphatic rings. The smallest absolute Gasteiger partial charge is 0.317 e. The molecule has 2 N–H and O–H groups in total. The Bertz CT molecular complexity index is 269. The molecule has 5 heteroatoms. The van der Waals surface area contributed by atoms with Gasteiger partial charge in [0, 0.05) is 24.5 Å². The fourth-order valence-corrected chi connectivity index (χ4v) is 1.45. The van der Waals surface area contributed by atoms with Crippen molar-refractivity contribution in [2.45, 2.75) is 52.6 Å². The normalized spacial score (nSPS) is 11.9. The molecule has 0 saturated carbocycles. The molecule has 0 aromatic heterocycles. The summed E-state index contributed by atoms with van der Waals surface area (Å²) in [7, 11) is 0. The predicted molar refractivity (Wildman–Crippen MR) is 66.9 cm³/mol. The monoisotopic (exact) mass is 244 g/mol. The average Bonchev–Trinajstić information content (AvgIpc) is 2.08. The zero-order valence-corrected chi connectivity index (χ0v) is 11.4. The molecule has 0 radical (unpaired) electrons. The highest BCUT2D eigenvalue weighted by Gasteiger charge is 2.23. The van der Waals surface area contributed by atoms with Gasteiger partial charge in [0.15, 0.2) is 0 Å². The first-order valence-electron chi connectivity index (χ1n) is 5.89. The van der Waals surface area contributed by atoms with Crippen molar-refractivity contribution < 1.29 is 14.7 Å². The summed E-state index contributed by atoms with van der Waals surface area (Å²) >= 11 is 0. The molecule has 0 atom stereocenters. The Hall–Kier alpha value is -1.10. The highest BCUT2D eigenvalue weighted by Crippen LogP contribution is 2.13. The number of amides is 1. The molecule has 1 amide bonds. The van der Waals surface area contributed by atoms with Crippen molar-refractivity contribution >= 4 is 11.9 Å². The number of rotatable bonds is 6. The Morgan fingerprint density at radius 1 is 1.29 bits per heavy atom. The van der Waals surface area contributed by atoms with Crippen molar-refractivity contribution in [2.75, 3.05) is 13.1 Å². The summed E-state index contributed by atoms with van der Waals surface area (Å²) in [6.07, 6.45) is 0.322. The van der Waals surface area contributed by atoms with Crippen LogP contribution < -0.4 is 5.32 Å². The Balaban J connectivity index is 4.27. The number of nitrogens with one attached hydrogen (secondary N) is 1. The zero-order chi connectivity index (χ0) is 13.6. The van der Waals surface area contributed by atoms with E-state index in [2.05, 4.69) is 5.32 Å². The molecule has 0 heterocycles. The standard InChI is InChI=1S/C12H24N2O3/c1-9(2)13-10(15)6-7-14(8-11(16)17)12(3,4)5/h9H,6-8H2,1-5H3,(H,13,15)(H,16,17). The average molecular weight is 244 g/mol. The summed E-state index contributed by atoms with van der Waals surface area (Å²) < 4.78 is 0. The molecule has 0 saturated heterocycles. The van der Waals surface area contributed by atoms with Crippen molar-refractivity contribution in [3.63, 3.8) is 0 Å². The van der Waals surface area contributed by atoms with E-state index in [0.29, 0.717) is 13.0 Å². The van der Waals surface area contributed by atoms with Crippen LogP contribution in [-0.4, -0.2) is 46.6 Å². The number of hydrogen-bond donors (Lipinski definition) is 2. The summed E-state index contributed by atoms with van der Waals surface area (Å²) in [5.74, 6) is -0.913. The summed E-state index contributed by atoms with van der Waals surface area (Å²) in [5.41, 5.74) is -0.253. The second-order valence-corrected chi connectivity index (χ2v) is 5.46. The highest BCUT2D eigenvalue weighted by molar-refractivity contribution is 5.76. The maximum atomic E-state index is 11.5. The molecule has 0 aromatic carbocycles. The highest BCUT2D eigenvalue weighted by atomic mass is 16.4. The molecule has 100 valence electrons. The van der Waals surface area contributed by atoms with Gasteiger partial charge < -0.3 is 10.4 Å². The third kappa shape index (κ3) is 7.74. The van der Waals surface area contributed by atoms with Gasteiger partial charge >= 0.3 is 5.97 Å². The minimum Gasteiger partial charge on any atom is -0.480 e. The number of carboxylic acid groups (broad SMARTS) is 1. The van der Waals surface area contributed by atoms with Gasteiger partial charge in [0.1, 0.15) is 0 Å². The summed E-state index contributed by atoms with van der Waals surface area (Å²) in [6.45, 7) is 10.0. The lowest BCUT2D eigenvalue weighted by Gasteiger charge is -2.34. The van der Waals surface area contributed by atoms with Crippen molar-refractivity contribution in [2.24, 2.45) is 0 Å². The molecular formula is C12H24N2O3. The van der Waals surface area contributed by atoms with Gasteiger partial charge in [-0.15, -0.1) is 0 Å². The third-order valence-electron chi connectivity index (χ3n) is 2.33. The van der Waals surface area contributed by atoms with Crippen LogP contribution in [0, 0.1) is 0 Å². The van der Waals surface area contributed by atoms with Crippen LogP contribution in [0.4, 0.5) is 0 Å². The molecule has 0 aromatic rings. The SMILES string of the molecule is CC(C)NC(=O)CCN(CC(=O)O)C(C)(C)C. The molecule has 0 bridgehead atoms. The fraction of sp³-hybridized carbons (Fsp3) is 0.833. The first-order valence-corrected chi connectivity index (χ1v) is 5.89. The first kappa shape index (κ1) is 15.9. The maximum Gasteiger partial charge on any atom is 0.317 e. The van der Waals surface area contributed by atoms with E-state index in [4.69, 9.17) is 5.11 Å². The van der Waals surface area contributed by atoms with Crippen LogP contribution in [0.2, 0.25) is 0 Å². The molecule has 0 unspecified atom stereocenters. The second-order valence-electron chi connectivity index (χ2n) is 5.46. The van der Waals surface area contributed by atoms with E-state index in [1.54, 1.807) is 4.90 Å². The van der Waals surface area contributed by atoms with Crippen LogP contribution in [0.1, 0.15) is 41.0 Å². The van der Waals surface area contributed by atoms with Crippen LogP contribution in [-0.2, 0) is 9.59 Å². The predicted octanol–water partition coefficient (Wildman–Crippen LogP) is 1.09. The molecule has 17 heavy (non-hydrogen) atoms. The Morgan fingerprint density at radius 2 is 1.82 bits per heavy atom. The number of carbonyl (C=O) groups is 2. The van der Waals surface area contributed by atoms with E-state index in [0.717, 1.165) is 0 Å². The molecule has 0 rings (SSSR count). The minimum atomic E-state index is -0.871. The molecule has 0 aliphatic heterocycles. The van der Waals surface area contributed by atoms with E-state index in [1.807, 2.05) is 34.6 Å². The van der Waals surface area contributed by atoms with Crippen LogP contribution in [0.15, 0.2) is 0 Å². The van der Waals surface area contributed by atoms with Crippen molar-refractivity contribution in [3.05, 3.63) is 0 Å². The van der Waals surface area contributed by atoms with E-state index < -0.39 is 5.97 Å². The lowest BCUT2D eigenvalue weighted by molar-refractivity contribution is -0.140. The third-order valence-corrected chi connectivity index (χ3v) is 2.33. The Labute approximate surface area is 103 Å². The fourth-order valence-electron chi connectivity index (χ4n) is 1.45. The second kappa shape index (κ2) is 6.59. The van der Waals surface area contributed by atoms with E-state index in [-0.39, 0.29) is 24.0 Å². The Kier molecular flexibility index (Phi) is 6.16. The van der Waals surface area contributed by atoms with Gasteiger partial charge in [0.05, 0.1) is 6.54 Å². The van der Waals surface area contributed by atoms with Crippen LogP contribution >= 0.6 is 0 Å². The lowest BCUT2D eigenvalue weighted by Crippen LogP contribution is -2.46. The van der Waals surface area contributed by atoms with Crippen LogP contribution in [0.25, 0.3) is 0 Å². The topological polar surface area (TPSA) is 69.6 Å². The number of hydrogen-bond acceptors (Lipinski definition) is 3. The van der Waals surface area contributed by atoms with Crippen LogP contribution in [0.3, 0.4) is 0 Å². The van der Waals surface area contributed by atoms with Crippen molar-refractivity contribution in [3.8, 4) is 0 Å². The Morgan fingerprint density at radius 3 is 2.18 bits per heavy atom. The van der Waals surface area contributed by atoms with Gasteiger partial charge in [-0.05, 0) is 34.6 Å². The first-order chi connectivity index (χ1) is 7.62. The zero-order valence-electron chi connectivity index (χ0n) is 11.4. The molecule has 0 aliphatic carbocycles.